The van der Waals surface area contributed by atoms with E-state index in [-0.39, 0.29) is 12.1 Å². The topological polar surface area (TPSA) is 55.4 Å². The summed E-state index contributed by atoms with van der Waals surface area (Å²) in [5, 5.41) is 2.96. The third kappa shape index (κ3) is 6.86. The van der Waals surface area contributed by atoms with Crippen LogP contribution in [0.1, 0.15) is 39.0 Å². The summed E-state index contributed by atoms with van der Waals surface area (Å²) >= 11 is 0. The van der Waals surface area contributed by atoms with E-state index in [0.717, 1.165) is 31.4 Å². The second-order valence-electron chi connectivity index (χ2n) is 5.82. The predicted octanol–water partition coefficient (Wildman–Crippen LogP) is 4.55. The number of carbonyl (C=O) groups is 2. The van der Waals surface area contributed by atoms with Crippen molar-refractivity contribution in [2.24, 2.45) is 0 Å². The fourth-order valence-corrected chi connectivity index (χ4v) is 5.37. The zero-order chi connectivity index (χ0) is 18.2. The van der Waals surface area contributed by atoms with Crippen molar-refractivity contribution in [3.05, 3.63) is 29.8 Å². The molecule has 0 aliphatic carbocycles. The molecule has 0 aromatic heterocycles. The molecule has 1 heterocycles. The molecule has 1 aromatic rings. The molecule has 1 fully saturated rings. The zero-order valence-corrected chi connectivity index (χ0v) is 15.6. The summed E-state index contributed by atoms with van der Waals surface area (Å²) in [7, 11) is 3.81. The molecular formula is C17H21F2NO3S2. The summed E-state index contributed by atoms with van der Waals surface area (Å²) in [6.45, 7) is 1.42. The van der Waals surface area contributed by atoms with Gasteiger partial charge in [-0.05, 0) is 38.3 Å². The van der Waals surface area contributed by atoms with Crippen LogP contribution in [-0.2, 0) is 14.3 Å². The van der Waals surface area contributed by atoms with E-state index in [2.05, 4.69) is 5.32 Å². The van der Waals surface area contributed by atoms with Crippen molar-refractivity contribution >= 4 is 39.2 Å². The highest BCUT2D eigenvalue weighted by Crippen LogP contribution is 2.39. The molecule has 1 N–H and O–H groups in total. The van der Waals surface area contributed by atoms with Crippen molar-refractivity contribution in [3.63, 3.8) is 0 Å². The van der Waals surface area contributed by atoms with Crippen LogP contribution in [0.5, 0.6) is 0 Å². The summed E-state index contributed by atoms with van der Waals surface area (Å²) in [5.74, 6) is -1.52. The Morgan fingerprint density at radius 1 is 1.36 bits per heavy atom. The molecule has 2 atom stereocenters. The lowest BCUT2D eigenvalue weighted by Crippen LogP contribution is -2.30. The van der Waals surface area contributed by atoms with Gasteiger partial charge in [0.05, 0.1) is 5.69 Å². The highest BCUT2D eigenvalue weighted by atomic mass is 33.1. The molecule has 0 unspecified atom stereocenters. The average molecular weight is 389 g/mol. The molecule has 0 bridgehead atoms. The maximum Gasteiger partial charge on any atom is 0.306 e. The molecule has 1 saturated heterocycles. The van der Waals surface area contributed by atoms with E-state index in [1.807, 2.05) is 21.6 Å². The third-order valence-electron chi connectivity index (χ3n) is 3.75. The minimum atomic E-state index is -1.04. The normalized spacial score (nSPS) is 18.0. The van der Waals surface area contributed by atoms with Crippen LogP contribution < -0.4 is 5.32 Å². The second-order valence-corrected chi connectivity index (χ2v) is 8.61. The van der Waals surface area contributed by atoms with Crippen LogP contribution >= 0.6 is 21.6 Å². The summed E-state index contributed by atoms with van der Waals surface area (Å²) in [6, 6.07) is 2.83. The van der Waals surface area contributed by atoms with Crippen molar-refractivity contribution in [3.8, 4) is 0 Å². The average Bonchev–Trinajstić information content (AvgIpc) is 3.07. The standard InChI is InChI=1S/C17H21F2NO3S2/c1-11(17(22)20-15-7-6-12(18)10-14(15)19)23-16(21)5-3-2-4-13-8-9-24-25-13/h6-7,10-11,13H,2-5,8-9H2,1H3,(H,20,22)/t11-,13+/m1/s1. The summed E-state index contributed by atoms with van der Waals surface area (Å²) in [5.41, 5.74) is -0.152. The molecule has 4 nitrogen and oxygen atoms in total. The Morgan fingerprint density at radius 3 is 2.84 bits per heavy atom. The van der Waals surface area contributed by atoms with Gasteiger partial charge in [-0.25, -0.2) is 8.78 Å². The van der Waals surface area contributed by atoms with Crippen molar-refractivity contribution in [2.45, 2.75) is 50.4 Å². The number of halogens is 2. The van der Waals surface area contributed by atoms with Crippen LogP contribution in [0.3, 0.4) is 0 Å². The molecule has 8 heteroatoms. The number of hydrogen-bond donors (Lipinski definition) is 1. The first-order chi connectivity index (χ1) is 12.0. The number of unbranched alkanes of at least 4 members (excludes halogenated alkanes) is 1. The van der Waals surface area contributed by atoms with Gasteiger partial charge in [0.2, 0.25) is 0 Å². The minimum absolute atomic E-state index is 0.152. The number of carbonyl (C=O) groups excluding carboxylic acids is 2. The smallest absolute Gasteiger partial charge is 0.306 e. The number of esters is 1. The lowest BCUT2D eigenvalue weighted by Gasteiger charge is -2.14. The van der Waals surface area contributed by atoms with Gasteiger partial charge in [-0.3, -0.25) is 9.59 Å². The second kappa shape index (κ2) is 10.0. The van der Waals surface area contributed by atoms with Crippen LogP contribution in [0, 0.1) is 11.6 Å². The zero-order valence-electron chi connectivity index (χ0n) is 13.9. The number of rotatable bonds is 8. The SMILES string of the molecule is C[C@@H](OC(=O)CCCC[C@H]1CCSS1)C(=O)Nc1ccc(F)cc1F. The number of hydrogen-bond acceptors (Lipinski definition) is 5. The van der Waals surface area contributed by atoms with E-state index in [9.17, 15) is 18.4 Å². The Labute approximate surface area is 153 Å². The van der Waals surface area contributed by atoms with E-state index in [4.69, 9.17) is 4.74 Å². The van der Waals surface area contributed by atoms with Gasteiger partial charge in [-0.1, -0.05) is 28.0 Å². The van der Waals surface area contributed by atoms with Crippen molar-refractivity contribution < 1.29 is 23.1 Å². The highest BCUT2D eigenvalue weighted by molar-refractivity contribution is 8.77. The van der Waals surface area contributed by atoms with Gasteiger partial charge in [0.1, 0.15) is 11.6 Å². The van der Waals surface area contributed by atoms with Gasteiger partial charge in [0, 0.05) is 23.5 Å². The van der Waals surface area contributed by atoms with Crippen LogP contribution in [0.2, 0.25) is 0 Å². The van der Waals surface area contributed by atoms with Gasteiger partial charge in [0.15, 0.2) is 6.10 Å². The maximum absolute atomic E-state index is 13.5. The van der Waals surface area contributed by atoms with Crippen molar-refractivity contribution in [1.29, 1.82) is 0 Å². The lowest BCUT2D eigenvalue weighted by molar-refractivity contribution is -0.153. The molecule has 0 radical (unpaired) electrons. The highest BCUT2D eigenvalue weighted by Gasteiger charge is 2.20. The fourth-order valence-electron chi connectivity index (χ4n) is 2.34. The molecule has 138 valence electrons. The van der Waals surface area contributed by atoms with Gasteiger partial charge in [-0.2, -0.15) is 0 Å². The molecular weight excluding hydrogens is 368 g/mol. The van der Waals surface area contributed by atoms with Crippen molar-refractivity contribution in [1.82, 2.24) is 0 Å². The predicted molar refractivity (Wildman–Crippen MR) is 97.5 cm³/mol. The molecule has 1 amide bonds. The lowest BCUT2D eigenvalue weighted by atomic mass is 10.1. The van der Waals surface area contributed by atoms with E-state index in [0.29, 0.717) is 11.3 Å². The van der Waals surface area contributed by atoms with Gasteiger partial charge >= 0.3 is 5.97 Å². The van der Waals surface area contributed by atoms with Gasteiger partial charge < -0.3 is 10.1 Å². The molecule has 1 aromatic carbocycles. The Bertz CT molecular complexity index is 610. The number of anilines is 1. The van der Waals surface area contributed by atoms with Crippen LogP contribution in [-0.4, -0.2) is 29.0 Å². The van der Waals surface area contributed by atoms with E-state index < -0.39 is 29.6 Å². The monoisotopic (exact) mass is 389 g/mol. The Balaban J connectivity index is 1.67. The summed E-state index contributed by atoms with van der Waals surface area (Å²) in [4.78, 5) is 23.7. The quantitative estimate of drug-likeness (QED) is 0.402. The van der Waals surface area contributed by atoms with Crippen LogP contribution in [0.4, 0.5) is 14.5 Å². The number of benzene rings is 1. The fraction of sp³-hybridized carbons (Fsp3) is 0.529. The van der Waals surface area contributed by atoms with E-state index in [1.54, 1.807) is 0 Å². The first-order valence-corrected chi connectivity index (χ1v) is 10.6. The minimum Gasteiger partial charge on any atom is -0.453 e. The van der Waals surface area contributed by atoms with Gasteiger partial charge in [-0.15, -0.1) is 0 Å². The molecule has 0 spiro atoms. The number of amides is 1. The largest absolute Gasteiger partial charge is 0.453 e. The Morgan fingerprint density at radius 2 is 2.16 bits per heavy atom. The summed E-state index contributed by atoms with van der Waals surface area (Å²) in [6.07, 6.45) is 3.20. The van der Waals surface area contributed by atoms with Crippen LogP contribution in [0.25, 0.3) is 0 Å². The molecule has 25 heavy (non-hydrogen) atoms. The number of nitrogens with one attached hydrogen (secondary N) is 1. The first-order valence-electron chi connectivity index (χ1n) is 8.19. The Kier molecular flexibility index (Phi) is 8.02. The van der Waals surface area contributed by atoms with Crippen molar-refractivity contribution in [2.75, 3.05) is 11.1 Å². The van der Waals surface area contributed by atoms with E-state index in [1.165, 1.54) is 19.1 Å². The molecule has 1 aliphatic heterocycles. The van der Waals surface area contributed by atoms with Gasteiger partial charge in [0.25, 0.3) is 5.91 Å². The third-order valence-corrected chi connectivity index (χ3v) is 6.76. The number of ether oxygens (including phenoxy) is 1. The molecule has 2 rings (SSSR count). The van der Waals surface area contributed by atoms with Crippen LogP contribution in [0.15, 0.2) is 18.2 Å². The first kappa shape index (κ1) is 20.0. The van der Waals surface area contributed by atoms with E-state index >= 15 is 0 Å². The maximum atomic E-state index is 13.5. The molecule has 1 aliphatic rings. The Hall–Kier alpha value is -1.28. The summed E-state index contributed by atoms with van der Waals surface area (Å²) < 4.78 is 31.4. The molecule has 0 saturated carbocycles.